The monoisotopic (exact) mass is 550 g/mol. The maximum Gasteiger partial charge on any atom is 0.229 e. The topological polar surface area (TPSA) is 205 Å². The van der Waals surface area contributed by atoms with Crippen molar-refractivity contribution in [3.8, 4) is 17.2 Å². The summed E-state index contributed by atoms with van der Waals surface area (Å²) in [6, 6.07) is 10.9. The molecule has 0 aliphatic carbocycles. The molecule has 39 heavy (non-hydrogen) atoms. The summed E-state index contributed by atoms with van der Waals surface area (Å²) in [6.07, 6.45) is -10.4. The van der Waals surface area contributed by atoms with E-state index in [2.05, 4.69) is 0 Å². The van der Waals surface area contributed by atoms with Gasteiger partial charge in [-0.3, -0.25) is 4.79 Å². The lowest BCUT2D eigenvalue weighted by atomic mass is 9.96. The molecule has 13 nitrogen and oxygen atoms in total. The molecule has 0 radical (unpaired) electrons. The van der Waals surface area contributed by atoms with Crippen molar-refractivity contribution in [2.24, 2.45) is 0 Å². The molecule has 3 aliphatic heterocycles. The quantitative estimate of drug-likeness (QED) is 0.208. The van der Waals surface area contributed by atoms with Crippen molar-refractivity contribution >= 4 is 5.78 Å². The van der Waals surface area contributed by atoms with Crippen LogP contribution in [0, 0.1) is 0 Å². The van der Waals surface area contributed by atoms with Gasteiger partial charge in [0.1, 0.15) is 59.5 Å². The van der Waals surface area contributed by atoms with Gasteiger partial charge in [-0.15, -0.1) is 0 Å². The van der Waals surface area contributed by atoms with Crippen LogP contribution in [0.15, 0.2) is 42.5 Å². The summed E-state index contributed by atoms with van der Waals surface area (Å²) in [6.45, 7) is -1.60. The molecule has 1 unspecified atom stereocenters. The van der Waals surface area contributed by atoms with Crippen molar-refractivity contribution in [2.75, 3.05) is 19.8 Å². The highest BCUT2D eigenvalue weighted by Crippen LogP contribution is 2.38. The van der Waals surface area contributed by atoms with Gasteiger partial charge in [0.15, 0.2) is 5.78 Å². The molecule has 0 bridgehead atoms. The molecule has 212 valence electrons. The molecule has 5 rings (SSSR count). The van der Waals surface area contributed by atoms with Crippen molar-refractivity contribution in [1.29, 1.82) is 0 Å². The zero-order valence-electron chi connectivity index (χ0n) is 20.6. The fraction of sp³-hybridized carbons (Fsp3) is 0.500. The first-order chi connectivity index (χ1) is 18.6. The summed E-state index contributed by atoms with van der Waals surface area (Å²) in [5.41, 5.74) is -0.847. The van der Waals surface area contributed by atoms with Gasteiger partial charge in [0.05, 0.1) is 31.8 Å². The van der Waals surface area contributed by atoms with Crippen LogP contribution in [0.25, 0.3) is 0 Å². The van der Waals surface area contributed by atoms with Gasteiger partial charge >= 0.3 is 0 Å². The molecule has 0 aromatic heterocycles. The summed E-state index contributed by atoms with van der Waals surface area (Å²) >= 11 is 0. The van der Waals surface area contributed by atoms with Gasteiger partial charge in [-0.2, -0.15) is 0 Å². The Balaban J connectivity index is 1.26. The first-order valence-electron chi connectivity index (χ1n) is 12.3. The maximum atomic E-state index is 12.8. The maximum absolute atomic E-state index is 12.8. The zero-order chi connectivity index (χ0) is 27.9. The minimum Gasteiger partial charge on any atom is -0.484 e. The lowest BCUT2D eigenvalue weighted by Gasteiger charge is -2.39. The lowest BCUT2D eigenvalue weighted by molar-refractivity contribution is -0.277. The third-order valence-electron chi connectivity index (χ3n) is 7.08. The van der Waals surface area contributed by atoms with E-state index in [-0.39, 0.29) is 36.1 Å². The third-order valence-corrected chi connectivity index (χ3v) is 7.08. The van der Waals surface area contributed by atoms with Gasteiger partial charge in [-0.1, -0.05) is 12.1 Å². The average molecular weight is 551 g/mol. The predicted octanol–water partition coefficient (Wildman–Crippen LogP) is -1.61. The van der Waals surface area contributed by atoms with Crippen LogP contribution >= 0.6 is 0 Å². The van der Waals surface area contributed by atoms with Crippen LogP contribution in [0.2, 0.25) is 0 Å². The molecule has 2 fully saturated rings. The van der Waals surface area contributed by atoms with Crippen LogP contribution in [0.1, 0.15) is 28.4 Å². The molecule has 2 saturated heterocycles. The first kappa shape index (κ1) is 27.7. The molecule has 3 aliphatic rings. The smallest absolute Gasteiger partial charge is 0.229 e. The Morgan fingerprint density at radius 3 is 2.26 bits per heavy atom. The van der Waals surface area contributed by atoms with Gasteiger partial charge in [0.2, 0.25) is 12.6 Å². The highest BCUT2D eigenvalue weighted by molar-refractivity contribution is 6.00. The SMILES string of the molecule is O=C1C[C@@H](c2ccc(O[C@@H]3O[C@H](CO)[C@@H](O)[C@H](O)[C@H]3O)cc2)Oc2cc(OC3OC[C@](O)(CO)[C@H]3O)ccc21. The summed E-state index contributed by atoms with van der Waals surface area (Å²) in [5.74, 6) is 0.567. The summed E-state index contributed by atoms with van der Waals surface area (Å²) in [4.78, 5) is 12.8. The number of Topliss-reactive ketones (excluding diaryl/α,β-unsaturated/α-hetero) is 1. The Morgan fingerprint density at radius 2 is 1.59 bits per heavy atom. The summed E-state index contributed by atoms with van der Waals surface area (Å²) in [7, 11) is 0. The van der Waals surface area contributed by atoms with E-state index in [4.69, 9.17) is 23.7 Å². The predicted molar refractivity (Wildman–Crippen MR) is 128 cm³/mol. The number of benzene rings is 2. The zero-order valence-corrected chi connectivity index (χ0v) is 20.6. The molecule has 9 atom stereocenters. The van der Waals surface area contributed by atoms with E-state index in [1.807, 2.05) is 0 Å². The molecule has 3 heterocycles. The standard InChI is InChI=1S/C26H30O13/c27-9-19-20(30)21(31)22(32)24(39-19)36-13-3-1-12(2-4-13)17-8-16(29)15-6-5-14(7-18(15)38-17)37-25-23(33)26(34,10-28)11-35-25/h1-7,17,19-25,27-28,30-34H,8-11H2/t17-,19+,20+,21-,22+,23-,24+,25?,26+/m0/s1. The molecule has 13 heteroatoms. The molecular weight excluding hydrogens is 520 g/mol. The molecule has 2 aromatic rings. The van der Waals surface area contributed by atoms with Crippen LogP contribution < -0.4 is 14.2 Å². The normalized spacial score (nSPS) is 36.2. The van der Waals surface area contributed by atoms with E-state index in [1.165, 1.54) is 18.2 Å². The first-order valence-corrected chi connectivity index (χ1v) is 12.3. The van der Waals surface area contributed by atoms with Gasteiger partial charge in [-0.05, 0) is 29.8 Å². The third kappa shape index (κ3) is 5.33. The van der Waals surface area contributed by atoms with Gasteiger partial charge in [0.25, 0.3) is 0 Å². The molecule has 0 saturated carbocycles. The van der Waals surface area contributed by atoms with E-state index in [9.17, 15) is 40.5 Å². The number of hydrogen-bond acceptors (Lipinski definition) is 13. The number of fused-ring (bicyclic) bond motifs is 1. The van der Waals surface area contributed by atoms with Crippen molar-refractivity contribution < 1.29 is 64.2 Å². The second-order valence-corrected chi connectivity index (χ2v) is 9.78. The number of carbonyl (C=O) groups is 1. The van der Waals surface area contributed by atoms with Gasteiger partial charge in [0, 0.05) is 6.07 Å². The number of rotatable bonds is 7. The second-order valence-electron chi connectivity index (χ2n) is 9.78. The van der Waals surface area contributed by atoms with Crippen LogP contribution in [0.4, 0.5) is 0 Å². The Labute approximate surface area is 222 Å². The van der Waals surface area contributed by atoms with E-state index >= 15 is 0 Å². The summed E-state index contributed by atoms with van der Waals surface area (Å²) < 4.78 is 27.9. The van der Waals surface area contributed by atoms with Crippen molar-refractivity contribution in [3.05, 3.63) is 53.6 Å². The number of ketones is 1. The Morgan fingerprint density at radius 1 is 0.897 bits per heavy atom. The number of aliphatic hydroxyl groups excluding tert-OH is 6. The molecular formula is C26H30O13. The number of ether oxygens (including phenoxy) is 5. The van der Waals surface area contributed by atoms with Gasteiger partial charge in [-0.25, -0.2) is 0 Å². The van der Waals surface area contributed by atoms with Crippen LogP contribution in [-0.4, -0.2) is 110 Å². The van der Waals surface area contributed by atoms with Crippen LogP contribution in [0.3, 0.4) is 0 Å². The highest BCUT2D eigenvalue weighted by Gasteiger charge is 2.49. The minimum absolute atomic E-state index is 0.0636. The average Bonchev–Trinajstić information content (AvgIpc) is 3.22. The van der Waals surface area contributed by atoms with Crippen molar-refractivity contribution in [1.82, 2.24) is 0 Å². The fourth-order valence-electron chi connectivity index (χ4n) is 4.65. The highest BCUT2D eigenvalue weighted by atomic mass is 16.7. The summed E-state index contributed by atoms with van der Waals surface area (Å²) in [5, 5.41) is 69.0. The van der Waals surface area contributed by atoms with Crippen LogP contribution in [-0.2, 0) is 9.47 Å². The van der Waals surface area contributed by atoms with E-state index in [0.29, 0.717) is 11.1 Å². The largest absolute Gasteiger partial charge is 0.484 e. The fourth-order valence-corrected chi connectivity index (χ4v) is 4.65. The molecule has 0 amide bonds. The Hall–Kier alpha value is -2.85. The molecule has 0 spiro atoms. The van der Waals surface area contributed by atoms with Crippen molar-refractivity contribution in [2.45, 2.75) is 61.2 Å². The lowest BCUT2D eigenvalue weighted by Crippen LogP contribution is -2.60. The van der Waals surface area contributed by atoms with Crippen molar-refractivity contribution in [3.63, 3.8) is 0 Å². The van der Waals surface area contributed by atoms with E-state index in [0.717, 1.165) is 0 Å². The van der Waals surface area contributed by atoms with E-state index in [1.54, 1.807) is 24.3 Å². The molecule has 7 N–H and O–H groups in total. The Kier molecular flexibility index (Phi) is 7.79. The van der Waals surface area contributed by atoms with E-state index < -0.39 is 68.0 Å². The second kappa shape index (κ2) is 11.0. The number of carbonyl (C=O) groups excluding carboxylic acids is 1. The Bertz CT molecular complexity index is 1170. The number of hydrogen-bond donors (Lipinski definition) is 7. The molecule has 2 aromatic carbocycles. The number of aliphatic hydroxyl groups is 7. The van der Waals surface area contributed by atoms with Crippen LogP contribution in [0.5, 0.6) is 17.2 Å². The van der Waals surface area contributed by atoms with Gasteiger partial charge < -0.3 is 59.4 Å². The minimum atomic E-state index is -1.84.